The third kappa shape index (κ3) is 4.23. The van der Waals surface area contributed by atoms with E-state index in [0.717, 1.165) is 16.7 Å². The Hall–Kier alpha value is -2.39. The van der Waals surface area contributed by atoms with Gasteiger partial charge in [-0.3, -0.25) is 9.10 Å². The fraction of sp³-hybridized carbons (Fsp3) is 0.294. The number of thiophene rings is 1. The number of anilines is 1. The van der Waals surface area contributed by atoms with Gasteiger partial charge in [-0.1, -0.05) is 6.07 Å². The van der Waals surface area contributed by atoms with E-state index in [1.54, 1.807) is 12.1 Å². The number of fused-ring (bicyclic) bond motifs is 1. The molecule has 1 N–H and O–H groups in total. The molecule has 0 atom stereocenters. The summed E-state index contributed by atoms with van der Waals surface area (Å²) < 4.78 is 29.8. The Kier molecular flexibility index (Phi) is 5.28. The fourth-order valence-corrected chi connectivity index (χ4v) is 4.31. The zero-order chi connectivity index (χ0) is 18.7. The molecule has 138 valence electrons. The molecule has 0 bridgehead atoms. The molecule has 7 nitrogen and oxygen atoms in total. The number of nitrogens with one attached hydrogen (secondary N) is 1. The van der Waals surface area contributed by atoms with E-state index in [1.807, 2.05) is 17.5 Å². The first-order valence-electron chi connectivity index (χ1n) is 7.91. The molecule has 2 aromatic rings. The number of amides is 1. The molecule has 1 amide bonds. The molecule has 1 aliphatic heterocycles. The average molecular weight is 394 g/mol. The lowest BCUT2D eigenvalue weighted by Crippen LogP contribution is -2.28. The zero-order valence-electron chi connectivity index (χ0n) is 14.1. The van der Waals surface area contributed by atoms with Crippen LogP contribution in [0.1, 0.15) is 20.8 Å². The summed E-state index contributed by atoms with van der Waals surface area (Å²) in [4.78, 5) is 24.9. The fourth-order valence-electron chi connectivity index (χ4n) is 2.71. The van der Waals surface area contributed by atoms with Crippen molar-refractivity contribution in [1.82, 2.24) is 5.32 Å². The second-order valence-electron chi connectivity index (χ2n) is 5.86. The maximum absolute atomic E-state index is 12.1. The monoisotopic (exact) mass is 394 g/mol. The number of sulfonamides is 1. The highest BCUT2D eigenvalue weighted by molar-refractivity contribution is 7.92. The summed E-state index contributed by atoms with van der Waals surface area (Å²) in [5.74, 6) is -0.993. The first kappa shape index (κ1) is 18.4. The van der Waals surface area contributed by atoms with Gasteiger partial charge in [0.15, 0.2) is 6.61 Å². The first-order valence-corrected chi connectivity index (χ1v) is 10.6. The minimum atomic E-state index is -3.33. The maximum atomic E-state index is 12.1. The number of hydrogen-bond acceptors (Lipinski definition) is 6. The lowest BCUT2D eigenvalue weighted by molar-refractivity contribution is -0.124. The molecule has 0 saturated heterocycles. The van der Waals surface area contributed by atoms with Gasteiger partial charge < -0.3 is 10.1 Å². The van der Waals surface area contributed by atoms with Crippen molar-refractivity contribution >= 4 is 38.9 Å². The van der Waals surface area contributed by atoms with E-state index >= 15 is 0 Å². The van der Waals surface area contributed by atoms with Crippen LogP contribution in [0.15, 0.2) is 35.7 Å². The Labute approximate surface area is 155 Å². The summed E-state index contributed by atoms with van der Waals surface area (Å²) in [6.07, 6.45) is 1.68. The number of hydrogen-bond donors (Lipinski definition) is 1. The smallest absolute Gasteiger partial charge is 0.338 e. The Morgan fingerprint density at radius 2 is 2.12 bits per heavy atom. The van der Waals surface area contributed by atoms with Crippen molar-refractivity contribution in [2.45, 2.75) is 13.0 Å². The van der Waals surface area contributed by atoms with E-state index in [-0.39, 0.29) is 12.5 Å². The summed E-state index contributed by atoms with van der Waals surface area (Å²) in [6.45, 7) is 0.392. The molecular weight excluding hydrogens is 376 g/mol. The maximum Gasteiger partial charge on any atom is 0.338 e. The van der Waals surface area contributed by atoms with Gasteiger partial charge in [0, 0.05) is 11.4 Å². The van der Waals surface area contributed by atoms with E-state index in [0.29, 0.717) is 30.8 Å². The van der Waals surface area contributed by atoms with Gasteiger partial charge in [-0.15, -0.1) is 11.3 Å². The highest BCUT2D eigenvalue weighted by Gasteiger charge is 2.27. The zero-order valence-corrected chi connectivity index (χ0v) is 15.7. The van der Waals surface area contributed by atoms with Crippen LogP contribution >= 0.6 is 11.3 Å². The van der Waals surface area contributed by atoms with Crippen molar-refractivity contribution in [2.75, 3.05) is 23.7 Å². The number of ether oxygens (including phenoxy) is 1. The number of benzene rings is 1. The highest BCUT2D eigenvalue weighted by atomic mass is 32.2. The van der Waals surface area contributed by atoms with Crippen LogP contribution in [0.4, 0.5) is 5.69 Å². The molecule has 0 aliphatic carbocycles. The summed E-state index contributed by atoms with van der Waals surface area (Å²) in [5, 5.41) is 4.59. The normalized spacial score (nSPS) is 13.3. The Morgan fingerprint density at radius 3 is 2.81 bits per heavy atom. The van der Waals surface area contributed by atoms with Crippen LogP contribution in [-0.4, -0.2) is 39.7 Å². The van der Waals surface area contributed by atoms with Crippen LogP contribution in [0.2, 0.25) is 0 Å². The van der Waals surface area contributed by atoms with Gasteiger partial charge >= 0.3 is 5.97 Å². The second kappa shape index (κ2) is 7.46. The molecule has 9 heteroatoms. The molecule has 3 rings (SSSR count). The van der Waals surface area contributed by atoms with Crippen molar-refractivity contribution in [3.05, 3.63) is 51.7 Å². The standard InChI is InChI=1S/C17H18N2O5S2/c1-26(22,23)19-7-6-12-9-13(4-5-15(12)19)17(21)24-11-16(20)18-10-14-3-2-8-25-14/h2-5,8-9H,6-7,10-11H2,1H3,(H,18,20). The van der Waals surface area contributed by atoms with Crippen LogP contribution < -0.4 is 9.62 Å². The molecular formula is C17H18N2O5S2. The van der Waals surface area contributed by atoms with Gasteiger partial charge in [0.05, 0.1) is 24.1 Å². The quantitative estimate of drug-likeness (QED) is 0.751. The predicted octanol–water partition coefficient (Wildman–Crippen LogP) is 1.54. The lowest BCUT2D eigenvalue weighted by atomic mass is 10.1. The molecule has 0 radical (unpaired) electrons. The molecule has 0 spiro atoms. The Bertz CT molecular complexity index is 923. The van der Waals surface area contributed by atoms with Gasteiger partial charge in [0.25, 0.3) is 5.91 Å². The molecule has 0 saturated carbocycles. The predicted molar refractivity (Wildman–Crippen MR) is 98.8 cm³/mol. The molecule has 1 aliphatic rings. The van der Waals surface area contributed by atoms with Crippen LogP contribution in [0.5, 0.6) is 0 Å². The van der Waals surface area contributed by atoms with Gasteiger partial charge in [0.1, 0.15) is 0 Å². The molecule has 0 unspecified atom stereocenters. The van der Waals surface area contributed by atoms with Crippen molar-refractivity contribution in [3.63, 3.8) is 0 Å². The van der Waals surface area contributed by atoms with E-state index < -0.39 is 16.0 Å². The lowest BCUT2D eigenvalue weighted by Gasteiger charge is -2.16. The molecule has 0 fully saturated rings. The van der Waals surface area contributed by atoms with E-state index in [1.165, 1.54) is 21.7 Å². The molecule has 2 heterocycles. The van der Waals surface area contributed by atoms with Crippen LogP contribution in [0.3, 0.4) is 0 Å². The van der Waals surface area contributed by atoms with Gasteiger partial charge in [-0.05, 0) is 41.6 Å². The third-order valence-electron chi connectivity index (χ3n) is 3.94. The largest absolute Gasteiger partial charge is 0.452 e. The minimum Gasteiger partial charge on any atom is -0.452 e. The third-order valence-corrected chi connectivity index (χ3v) is 6.00. The highest BCUT2D eigenvalue weighted by Crippen LogP contribution is 2.30. The number of esters is 1. The Balaban J connectivity index is 1.56. The van der Waals surface area contributed by atoms with Crippen molar-refractivity contribution in [1.29, 1.82) is 0 Å². The summed E-state index contributed by atoms with van der Waals surface area (Å²) in [7, 11) is -3.33. The van der Waals surface area contributed by atoms with Crippen molar-refractivity contribution < 1.29 is 22.7 Å². The molecule has 26 heavy (non-hydrogen) atoms. The van der Waals surface area contributed by atoms with E-state index in [2.05, 4.69) is 5.32 Å². The summed E-state index contributed by atoms with van der Waals surface area (Å²) >= 11 is 1.53. The SMILES string of the molecule is CS(=O)(=O)N1CCc2cc(C(=O)OCC(=O)NCc3cccs3)ccc21. The van der Waals surface area contributed by atoms with E-state index in [9.17, 15) is 18.0 Å². The van der Waals surface area contributed by atoms with E-state index in [4.69, 9.17) is 4.74 Å². The minimum absolute atomic E-state index is 0.296. The van der Waals surface area contributed by atoms with Crippen LogP contribution in [-0.2, 0) is 32.5 Å². The molecule has 1 aromatic carbocycles. The van der Waals surface area contributed by atoms with Crippen molar-refractivity contribution in [3.8, 4) is 0 Å². The molecule has 1 aromatic heterocycles. The number of rotatable bonds is 6. The first-order chi connectivity index (χ1) is 12.3. The van der Waals surface area contributed by atoms with Crippen molar-refractivity contribution in [2.24, 2.45) is 0 Å². The summed E-state index contributed by atoms with van der Waals surface area (Å²) in [6, 6.07) is 8.52. The summed E-state index contributed by atoms with van der Waals surface area (Å²) in [5.41, 5.74) is 1.65. The van der Waals surface area contributed by atoms with Gasteiger partial charge in [0.2, 0.25) is 10.0 Å². The average Bonchev–Trinajstić information content (AvgIpc) is 3.25. The number of nitrogens with zero attached hydrogens (tertiary/aromatic N) is 1. The number of carbonyl (C=O) groups is 2. The van der Waals surface area contributed by atoms with Gasteiger partial charge in [-0.25, -0.2) is 13.2 Å². The van der Waals surface area contributed by atoms with Crippen LogP contribution in [0, 0.1) is 0 Å². The van der Waals surface area contributed by atoms with Crippen LogP contribution in [0.25, 0.3) is 0 Å². The Morgan fingerprint density at radius 1 is 1.31 bits per heavy atom. The topological polar surface area (TPSA) is 92.8 Å². The van der Waals surface area contributed by atoms with Gasteiger partial charge in [-0.2, -0.15) is 0 Å². The number of carbonyl (C=O) groups excluding carboxylic acids is 2. The second-order valence-corrected chi connectivity index (χ2v) is 8.80.